The quantitative estimate of drug-likeness (QED) is 0.410. The van der Waals surface area contributed by atoms with Crippen molar-refractivity contribution in [1.82, 2.24) is 15.5 Å². The van der Waals surface area contributed by atoms with Gasteiger partial charge in [-0.3, -0.25) is 9.79 Å². The van der Waals surface area contributed by atoms with Gasteiger partial charge in [0.25, 0.3) is 0 Å². The number of aliphatic imine (C=N–C) groups is 1. The molecule has 5 nitrogen and oxygen atoms in total. The Hall–Kier alpha value is -1.26. The number of unbranched alkanes of at least 4 members (excludes halogenated alkanes) is 3. The molecule has 1 unspecified atom stereocenters. The second-order valence-corrected chi connectivity index (χ2v) is 5.64. The van der Waals surface area contributed by atoms with Crippen LogP contribution in [0.4, 0.5) is 0 Å². The van der Waals surface area contributed by atoms with Crippen molar-refractivity contribution in [3.05, 3.63) is 0 Å². The zero-order chi connectivity index (χ0) is 15.5. The molecule has 1 atom stereocenters. The van der Waals surface area contributed by atoms with Gasteiger partial charge in [-0.25, -0.2) is 0 Å². The summed E-state index contributed by atoms with van der Waals surface area (Å²) in [5.74, 6) is 1.14. The van der Waals surface area contributed by atoms with E-state index in [4.69, 9.17) is 0 Å². The number of nitrogens with zero attached hydrogens (tertiary/aromatic N) is 2. The van der Waals surface area contributed by atoms with Crippen LogP contribution in [0.15, 0.2) is 4.99 Å². The lowest BCUT2D eigenvalue weighted by molar-refractivity contribution is -0.129. The van der Waals surface area contributed by atoms with E-state index < -0.39 is 0 Å². The maximum atomic E-state index is 11.7. The third kappa shape index (κ3) is 6.82. The summed E-state index contributed by atoms with van der Waals surface area (Å²) in [6, 6.07) is 0.328. The minimum atomic E-state index is 0.251. The molecule has 0 aromatic heterocycles. The Bertz CT molecular complexity index is 330. The summed E-state index contributed by atoms with van der Waals surface area (Å²) in [5.41, 5.74) is 0. The minimum Gasteiger partial charge on any atom is -0.357 e. The highest BCUT2D eigenvalue weighted by Gasteiger charge is 2.25. The molecule has 0 aliphatic carbocycles. The smallest absolute Gasteiger partial charge is 0.222 e. The normalized spacial score (nSPS) is 18.9. The lowest BCUT2D eigenvalue weighted by atomic mass is 10.2. The summed E-state index contributed by atoms with van der Waals surface area (Å²) < 4.78 is 0. The average molecular weight is 296 g/mol. The van der Waals surface area contributed by atoms with E-state index in [1.807, 2.05) is 11.8 Å². The molecule has 0 bridgehead atoms. The number of amides is 1. The molecule has 122 valence electrons. The number of guanidine groups is 1. The SMILES string of the molecule is CCCCCCN=C(NCC)NC1CCN(C(=O)CC)C1. The predicted octanol–water partition coefficient (Wildman–Crippen LogP) is 2.13. The van der Waals surface area contributed by atoms with Gasteiger partial charge in [0.15, 0.2) is 5.96 Å². The highest BCUT2D eigenvalue weighted by molar-refractivity contribution is 5.80. The molecule has 1 rings (SSSR count). The van der Waals surface area contributed by atoms with Crippen molar-refractivity contribution in [3.63, 3.8) is 0 Å². The standard InChI is InChI=1S/C16H32N4O/c1-4-7-8-9-11-18-16(17-6-3)19-14-10-12-20(13-14)15(21)5-2/h14H,4-13H2,1-3H3,(H2,17,18,19). The number of rotatable bonds is 8. The van der Waals surface area contributed by atoms with Gasteiger partial charge < -0.3 is 15.5 Å². The fourth-order valence-electron chi connectivity index (χ4n) is 2.57. The van der Waals surface area contributed by atoms with Gasteiger partial charge in [0.2, 0.25) is 5.91 Å². The van der Waals surface area contributed by atoms with Gasteiger partial charge in [-0.2, -0.15) is 0 Å². The fraction of sp³-hybridized carbons (Fsp3) is 0.875. The highest BCUT2D eigenvalue weighted by Crippen LogP contribution is 2.10. The minimum absolute atomic E-state index is 0.251. The molecule has 1 aliphatic heterocycles. The monoisotopic (exact) mass is 296 g/mol. The number of likely N-dealkylation sites (tertiary alicyclic amines) is 1. The fourth-order valence-corrected chi connectivity index (χ4v) is 2.57. The Morgan fingerprint density at radius 2 is 2.05 bits per heavy atom. The van der Waals surface area contributed by atoms with Crippen LogP contribution < -0.4 is 10.6 Å². The van der Waals surface area contributed by atoms with Crippen LogP contribution in [-0.4, -0.2) is 49.0 Å². The van der Waals surface area contributed by atoms with Crippen LogP contribution in [-0.2, 0) is 4.79 Å². The molecular formula is C16H32N4O. The van der Waals surface area contributed by atoms with Gasteiger partial charge >= 0.3 is 0 Å². The molecular weight excluding hydrogens is 264 g/mol. The average Bonchev–Trinajstić information content (AvgIpc) is 2.95. The first-order chi connectivity index (χ1) is 10.2. The van der Waals surface area contributed by atoms with Crippen LogP contribution in [0.1, 0.15) is 59.3 Å². The summed E-state index contributed by atoms with van der Waals surface area (Å²) in [5, 5.41) is 6.76. The first-order valence-corrected chi connectivity index (χ1v) is 8.53. The topological polar surface area (TPSA) is 56.7 Å². The van der Waals surface area contributed by atoms with Crippen LogP contribution in [0.5, 0.6) is 0 Å². The van der Waals surface area contributed by atoms with E-state index in [0.717, 1.165) is 45.0 Å². The van der Waals surface area contributed by atoms with Crippen molar-refractivity contribution in [2.45, 2.75) is 65.3 Å². The Morgan fingerprint density at radius 1 is 1.24 bits per heavy atom. The lowest BCUT2D eigenvalue weighted by Crippen LogP contribution is -2.45. The summed E-state index contributed by atoms with van der Waals surface area (Å²) in [6.07, 6.45) is 6.54. The summed E-state index contributed by atoms with van der Waals surface area (Å²) in [7, 11) is 0. The molecule has 0 aromatic carbocycles. The maximum absolute atomic E-state index is 11.7. The molecule has 1 saturated heterocycles. The van der Waals surface area contributed by atoms with Gasteiger partial charge in [-0.1, -0.05) is 33.1 Å². The van der Waals surface area contributed by atoms with Crippen molar-refractivity contribution < 1.29 is 4.79 Å². The summed E-state index contributed by atoms with van der Waals surface area (Å²) in [6.45, 7) is 9.62. The predicted molar refractivity (Wildman–Crippen MR) is 88.5 cm³/mol. The number of hydrogen-bond acceptors (Lipinski definition) is 2. The van der Waals surface area contributed by atoms with Crippen LogP contribution in [0.25, 0.3) is 0 Å². The van der Waals surface area contributed by atoms with Gasteiger partial charge in [-0.05, 0) is 19.8 Å². The second kappa shape index (κ2) is 10.5. The molecule has 0 aromatic rings. The van der Waals surface area contributed by atoms with E-state index in [9.17, 15) is 4.79 Å². The Morgan fingerprint density at radius 3 is 2.71 bits per heavy atom. The number of carbonyl (C=O) groups is 1. The maximum Gasteiger partial charge on any atom is 0.222 e. The third-order valence-electron chi connectivity index (χ3n) is 3.81. The molecule has 0 spiro atoms. The third-order valence-corrected chi connectivity index (χ3v) is 3.81. The van der Waals surface area contributed by atoms with Crippen LogP contribution in [0.3, 0.4) is 0 Å². The van der Waals surface area contributed by atoms with Crippen molar-refractivity contribution in [1.29, 1.82) is 0 Å². The molecule has 1 fully saturated rings. The Kier molecular flexibility index (Phi) is 8.87. The summed E-state index contributed by atoms with van der Waals surface area (Å²) >= 11 is 0. The molecule has 1 amide bonds. The van der Waals surface area contributed by atoms with Gasteiger partial charge in [0, 0.05) is 38.6 Å². The van der Waals surface area contributed by atoms with Crippen LogP contribution in [0.2, 0.25) is 0 Å². The molecule has 0 saturated carbocycles. The van der Waals surface area contributed by atoms with Gasteiger partial charge in [0.1, 0.15) is 0 Å². The molecule has 1 aliphatic rings. The molecule has 0 radical (unpaired) electrons. The Labute approximate surface area is 129 Å². The Balaban J connectivity index is 2.36. The summed E-state index contributed by atoms with van der Waals surface area (Å²) in [4.78, 5) is 18.3. The largest absolute Gasteiger partial charge is 0.357 e. The van der Waals surface area contributed by atoms with Crippen molar-refractivity contribution in [2.24, 2.45) is 4.99 Å². The van der Waals surface area contributed by atoms with E-state index in [-0.39, 0.29) is 5.91 Å². The first-order valence-electron chi connectivity index (χ1n) is 8.53. The van der Waals surface area contributed by atoms with E-state index in [2.05, 4.69) is 29.5 Å². The highest BCUT2D eigenvalue weighted by atomic mass is 16.2. The van der Waals surface area contributed by atoms with Crippen LogP contribution in [0, 0.1) is 0 Å². The number of hydrogen-bond donors (Lipinski definition) is 2. The van der Waals surface area contributed by atoms with E-state index in [0.29, 0.717) is 12.5 Å². The van der Waals surface area contributed by atoms with Gasteiger partial charge in [0.05, 0.1) is 0 Å². The number of carbonyl (C=O) groups excluding carboxylic acids is 1. The van der Waals surface area contributed by atoms with Crippen molar-refractivity contribution in [2.75, 3.05) is 26.2 Å². The van der Waals surface area contributed by atoms with Crippen molar-refractivity contribution in [3.8, 4) is 0 Å². The zero-order valence-electron chi connectivity index (χ0n) is 14.0. The van der Waals surface area contributed by atoms with Crippen molar-refractivity contribution >= 4 is 11.9 Å². The zero-order valence-corrected chi connectivity index (χ0v) is 14.0. The molecule has 21 heavy (non-hydrogen) atoms. The van der Waals surface area contributed by atoms with E-state index in [1.165, 1.54) is 19.3 Å². The van der Waals surface area contributed by atoms with Crippen LogP contribution >= 0.6 is 0 Å². The van der Waals surface area contributed by atoms with E-state index in [1.54, 1.807) is 0 Å². The molecule has 2 N–H and O–H groups in total. The van der Waals surface area contributed by atoms with E-state index >= 15 is 0 Å². The second-order valence-electron chi connectivity index (χ2n) is 5.64. The molecule has 1 heterocycles. The molecule has 5 heteroatoms. The number of nitrogens with one attached hydrogen (secondary N) is 2. The lowest BCUT2D eigenvalue weighted by Gasteiger charge is -2.18. The first kappa shape index (κ1) is 17.8. The van der Waals surface area contributed by atoms with Gasteiger partial charge in [-0.15, -0.1) is 0 Å².